The van der Waals surface area contributed by atoms with Crippen molar-refractivity contribution in [1.82, 2.24) is 14.5 Å². The summed E-state index contributed by atoms with van der Waals surface area (Å²) >= 11 is 1.43. The van der Waals surface area contributed by atoms with Gasteiger partial charge in [-0.05, 0) is 12.5 Å². The summed E-state index contributed by atoms with van der Waals surface area (Å²) in [6.07, 6.45) is 1.58. The molecule has 132 valence electrons. The van der Waals surface area contributed by atoms with Gasteiger partial charge in [0.15, 0.2) is 5.16 Å². The lowest BCUT2D eigenvalue weighted by Crippen LogP contribution is -2.43. The van der Waals surface area contributed by atoms with Crippen molar-refractivity contribution in [3.63, 3.8) is 0 Å². The van der Waals surface area contributed by atoms with E-state index in [4.69, 9.17) is 0 Å². The van der Waals surface area contributed by atoms with Crippen LogP contribution in [0.1, 0.15) is 11.1 Å². The number of hydrogen-bond donors (Lipinski definition) is 1. The van der Waals surface area contributed by atoms with Gasteiger partial charge in [-0.15, -0.1) is 0 Å². The first-order valence-electron chi connectivity index (χ1n) is 8.23. The van der Waals surface area contributed by atoms with Gasteiger partial charge in [-0.2, -0.15) is 0 Å². The van der Waals surface area contributed by atoms with Crippen LogP contribution in [0.4, 0.5) is 0 Å². The van der Waals surface area contributed by atoms with E-state index in [-0.39, 0.29) is 30.5 Å². The van der Waals surface area contributed by atoms with Crippen LogP contribution >= 0.6 is 11.8 Å². The Hall–Kier alpha value is -2.12. The van der Waals surface area contributed by atoms with Crippen LogP contribution in [0.5, 0.6) is 0 Å². The van der Waals surface area contributed by atoms with Gasteiger partial charge in [0.2, 0.25) is 5.91 Å². The fourth-order valence-electron chi connectivity index (χ4n) is 2.90. The van der Waals surface area contributed by atoms with E-state index in [1.54, 1.807) is 22.6 Å². The van der Waals surface area contributed by atoms with E-state index in [9.17, 15) is 14.7 Å². The van der Waals surface area contributed by atoms with Crippen LogP contribution in [0.15, 0.2) is 46.5 Å². The molecule has 2 aromatic rings. The maximum Gasteiger partial charge on any atom is 0.257 e. The van der Waals surface area contributed by atoms with Crippen LogP contribution in [0, 0.1) is 12.8 Å². The molecule has 0 fully saturated rings. The Labute approximate surface area is 150 Å². The smallest absolute Gasteiger partial charge is 0.257 e. The van der Waals surface area contributed by atoms with E-state index >= 15 is 0 Å². The largest absolute Gasteiger partial charge is 0.395 e. The summed E-state index contributed by atoms with van der Waals surface area (Å²) in [6, 6.07) is 9.70. The van der Waals surface area contributed by atoms with Gasteiger partial charge in [-0.25, -0.2) is 4.98 Å². The molecule has 6 nitrogen and oxygen atoms in total. The number of nitrogens with zero attached hydrogens (tertiary/aromatic N) is 3. The topological polar surface area (TPSA) is 75.4 Å². The van der Waals surface area contributed by atoms with E-state index in [0.717, 1.165) is 5.56 Å². The molecular formula is C18H21N3O3S. The van der Waals surface area contributed by atoms with Crippen molar-refractivity contribution in [1.29, 1.82) is 0 Å². The maximum atomic E-state index is 13.0. The van der Waals surface area contributed by atoms with Gasteiger partial charge in [-0.1, -0.05) is 42.1 Å². The van der Waals surface area contributed by atoms with Gasteiger partial charge in [0.25, 0.3) is 5.56 Å². The minimum Gasteiger partial charge on any atom is -0.395 e. The van der Waals surface area contributed by atoms with Crippen LogP contribution in [0.3, 0.4) is 0 Å². The van der Waals surface area contributed by atoms with Crippen molar-refractivity contribution in [2.45, 2.75) is 25.2 Å². The Bertz CT molecular complexity index is 807. The number of hydrogen-bond acceptors (Lipinski definition) is 5. The minimum absolute atomic E-state index is 0.0375. The molecule has 0 aliphatic carbocycles. The molecular weight excluding hydrogens is 338 g/mol. The molecule has 2 heterocycles. The number of aliphatic hydroxyl groups is 1. The van der Waals surface area contributed by atoms with Gasteiger partial charge in [0, 0.05) is 37.1 Å². The molecule has 1 aliphatic heterocycles. The predicted molar refractivity (Wildman–Crippen MR) is 96.4 cm³/mol. The Kier molecular flexibility index (Phi) is 5.55. The molecule has 1 amide bonds. The van der Waals surface area contributed by atoms with E-state index in [2.05, 4.69) is 4.98 Å². The first-order chi connectivity index (χ1) is 12.1. The second-order valence-electron chi connectivity index (χ2n) is 6.12. The molecule has 1 aromatic carbocycles. The lowest BCUT2D eigenvalue weighted by molar-refractivity contribution is -0.136. The summed E-state index contributed by atoms with van der Waals surface area (Å²) < 4.78 is 1.59. The fraction of sp³-hybridized carbons (Fsp3) is 0.389. The lowest BCUT2D eigenvalue weighted by Gasteiger charge is -2.30. The van der Waals surface area contributed by atoms with Crippen LogP contribution < -0.4 is 5.56 Å². The average molecular weight is 359 g/mol. The van der Waals surface area contributed by atoms with Gasteiger partial charge in [-0.3, -0.25) is 14.2 Å². The van der Waals surface area contributed by atoms with Crippen LogP contribution in [-0.2, 0) is 17.9 Å². The third-order valence-corrected chi connectivity index (χ3v) is 5.40. The molecule has 1 aromatic heterocycles. The summed E-state index contributed by atoms with van der Waals surface area (Å²) in [7, 11) is 0. The molecule has 1 N–H and O–H groups in total. The van der Waals surface area contributed by atoms with Crippen molar-refractivity contribution in [3.05, 3.63) is 58.0 Å². The number of aliphatic hydroxyl groups excluding tert-OH is 1. The SMILES string of the molecule is Cc1cnc2n(c1=O)CC(C(=O)N(CCO)Cc1ccccc1)CS2. The molecule has 1 unspecified atom stereocenters. The molecule has 1 aliphatic rings. The summed E-state index contributed by atoms with van der Waals surface area (Å²) in [4.78, 5) is 31.2. The third kappa shape index (κ3) is 3.93. The van der Waals surface area contributed by atoms with Gasteiger partial charge < -0.3 is 10.0 Å². The summed E-state index contributed by atoms with van der Waals surface area (Å²) in [5.74, 6) is 0.254. The third-order valence-electron chi connectivity index (χ3n) is 4.25. The van der Waals surface area contributed by atoms with Crippen molar-refractivity contribution in [2.75, 3.05) is 18.9 Å². The predicted octanol–water partition coefficient (Wildman–Crippen LogP) is 1.29. The van der Waals surface area contributed by atoms with E-state index in [1.807, 2.05) is 30.3 Å². The average Bonchev–Trinajstić information content (AvgIpc) is 2.64. The number of thioether (sulfide) groups is 1. The zero-order valence-electron chi connectivity index (χ0n) is 14.1. The fourth-order valence-corrected chi connectivity index (χ4v) is 3.94. The minimum atomic E-state index is -0.297. The molecule has 0 bridgehead atoms. The van der Waals surface area contributed by atoms with Crippen molar-refractivity contribution >= 4 is 17.7 Å². The summed E-state index contributed by atoms with van der Waals surface area (Å²) in [5, 5.41) is 10.00. The Morgan fingerprint density at radius 2 is 2.16 bits per heavy atom. The molecule has 25 heavy (non-hydrogen) atoms. The zero-order valence-corrected chi connectivity index (χ0v) is 14.9. The first kappa shape index (κ1) is 17.7. The highest BCUT2D eigenvalue weighted by atomic mass is 32.2. The number of benzene rings is 1. The van der Waals surface area contributed by atoms with Gasteiger partial charge in [0.1, 0.15) is 0 Å². The normalized spacial score (nSPS) is 16.3. The summed E-state index contributed by atoms with van der Waals surface area (Å²) in [6.45, 7) is 2.71. The highest BCUT2D eigenvalue weighted by Crippen LogP contribution is 2.26. The second-order valence-corrected chi connectivity index (χ2v) is 7.10. The van der Waals surface area contributed by atoms with Crippen LogP contribution in [0.2, 0.25) is 0 Å². The highest BCUT2D eigenvalue weighted by molar-refractivity contribution is 7.99. The van der Waals surface area contributed by atoms with E-state index in [1.165, 1.54) is 11.8 Å². The first-order valence-corrected chi connectivity index (χ1v) is 9.21. The van der Waals surface area contributed by atoms with E-state index < -0.39 is 0 Å². The molecule has 1 atom stereocenters. The van der Waals surface area contributed by atoms with Crippen molar-refractivity contribution < 1.29 is 9.90 Å². The highest BCUT2D eigenvalue weighted by Gasteiger charge is 2.30. The standard InChI is InChI=1S/C18H21N3O3S/c1-13-9-19-18-21(16(13)23)11-15(12-25-18)17(24)20(7-8-22)10-14-5-3-2-4-6-14/h2-6,9,15,22H,7-8,10-12H2,1H3. The number of fused-ring (bicyclic) bond motifs is 1. The monoisotopic (exact) mass is 359 g/mol. The van der Waals surface area contributed by atoms with Crippen LogP contribution in [-0.4, -0.2) is 44.4 Å². The van der Waals surface area contributed by atoms with Crippen molar-refractivity contribution in [3.8, 4) is 0 Å². The van der Waals surface area contributed by atoms with Gasteiger partial charge in [0.05, 0.1) is 12.5 Å². The number of carbonyl (C=O) groups excluding carboxylic acids is 1. The van der Waals surface area contributed by atoms with Crippen LogP contribution in [0.25, 0.3) is 0 Å². The molecule has 0 saturated heterocycles. The molecule has 0 spiro atoms. The number of rotatable bonds is 5. The molecule has 3 rings (SSSR count). The van der Waals surface area contributed by atoms with Crippen molar-refractivity contribution in [2.24, 2.45) is 5.92 Å². The second kappa shape index (κ2) is 7.84. The quantitative estimate of drug-likeness (QED) is 0.815. The number of aromatic nitrogens is 2. The Morgan fingerprint density at radius 3 is 2.88 bits per heavy atom. The Morgan fingerprint density at radius 1 is 1.40 bits per heavy atom. The molecule has 7 heteroatoms. The lowest BCUT2D eigenvalue weighted by atomic mass is 10.1. The van der Waals surface area contributed by atoms with Gasteiger partial charge >= 0.3 is 0 Å². The zero-order chi connectivity index (χ0) is 17.8. The number of amides is 1. The number of aryl methyl sites for hydroxylation is 1. The van der Waals surface area contributed by atoms with E-state index in [0.29, 0.717) is 29.6 Å². The molecule has 0 saturated carbocycles. The summed E-state index contributed by atoms with van der Waals surface area (Å²) in [5.41, 5.74) is 1.50. The Balaban J connectivity index is 1.78. The number of carbonyl (C=O) groups is 1. The molecule has 0 radical (unpaired) electrons. The maximum absolute atomic E-state index is 13.0.